The molecule has 0 bridgehead atoms. The maximum Gasteiger partial charge on any atom is 0.194 e. The van der Waals surface area contributed by atoms with Gasteiger partial charge in [0.25, 0.3) is 0 Å². The fourth-order valence-electron chi connectivity index (χ4n) is 1.39. The molecule has 1 aliphatic rings. The Hall–Kier alpha value is -0.740. The van der Waals surface area contributed by atoms with Crippen LogP contribution in [-0.2, 0) is 6.54 Å². The first-order valence-corrected chi connectivity index (χ1v) is 5.69. The summed E-state index contributed by atoms with van der Waals surface area (Å²) in [4.78, 5) is 7.71. The lowest BCUT2D eigenvalue weighted by Crippen LogP contribution is -2.34. The molecular weight excluding hydrogens is 218 g/mol. The molecule has 0 aliphatic carbocycles. The van der Waals surface area contributed by atoms with E-state index in [1.54, 1.807) is 11.3 Å². The number of aliphatic imine (C=N–C) groups is 1. The second-order valence-electron chi connectivity index (χ2n) is 3.19. The third kappa shape index (κ3) is 2.19. The van der Waals surface area contributed by atoms with Crippen molar-refractivity contribution < 1.29 is 0 Å². The van der Waals surface area contributed by atoms with Crippen molar-refractivity contribution >= 4 is 28.9 Å². The van der Waals surface area contributed by atoms with E-state index in [-0.39, 0.29) is 0 Å². The molecule has 0 unspecified atom stereocenters. The smallest absolute Gasteiger partial charge is 0.194 e. The molecule has 3 nitrogen and oxygen atoms in total. The second-order valence-corrected chi connectivity index (χ2v) is 4.99. The molecular formula is C9H12ClN3S. The summed E-state index contributed by atoms with van der Waals surface area (Å²) in [6.45, 7) is 2.69. The number of rotatable bonds is 2. The summed E-state index contributed by atoms with van der Waals surface area (Å²) in [5, 5.41) is 3.23. The molecule has 0 fully saturated rings. The lowest BCUT2D eigenvalue weighted by Gasteiger charge is -2.17. The van der Waals surface area contributed by atoms with Crippen LogP contribution in [-0.4, -0.2) is 31.0 Å². The quantitative estimate of drug-likeness (QED) is 0.838. The van der Waals surface area contributed by atoms with Crippen LogP contribution in [0.4, 0.5) is 0 Å². The zero-order valence-electron chi connectivity index (χ0n) is 7.96. The van der Waals surface area contributed by atoms with Crippen LogP contribution in [0.2, 0.25) is 4.34 Å². The Kier molecular flexibility index (Phi) is 2.93. The minimum Gasteiger partial charge on any atom is -0.354 e. The van der Waals surface area contributed by atoms with Crippen molar-refractivity contribution in [3.63, 3.8) is 0 Å². The van der Waals surface area contributed by atoms with Crippen molar-refractivity contribution in [2.24, 2.45) is 4.99 Å². The monoisotopic (exact) mass is 229 g/mol. The summed E-state index contributed by atoms with van der Waals surface area (Å²) in [6.07, 6.45) is 0. The summed E-state index contributed by atoms with van der Waals surface area (Å²) >= 11 is 7.47. The summed E-state index contributed by atoms with van der Waals surface area (Å²) in [6, 6.07) is 3.98. The molecule has 1 N–H and O–H groups in total. The van der Waals surface area contributed by atoms with Crippen LogP contribution in [0.15, 0.2) is 17.1 Å². The average Bonchev–Trinajstić information content (AvgIpc) is 2.75. The zero-order chi connectivity index (χ0) is 9.97. The number of nitrogens with one attached hydrogen (secondary N) is 1. The van der Waals surface area contributed by atoms with Crippen LogP contribution in [0.1, 0.15) is 4.88 Å². The van der Waals surface area contributed by atoms with Gasteiger partial charge in [-0.15, -0.1) is 11.3 Å². The van der Waals surface area contributed by atoms with E-state index in [0.717, 1.165) is 29.9 Å². The van der Waals surface area contributed by atoms with Gasteiger partial charge in [-0.2, -0.15) is 0 Å². The van der Waals surface area contributed by atoms with Gasteiger partial charge < -0.3 is 10.2 Å². The molecule has 5 heteroatoms. The largest absolute Gasteiger partial charge is 0.354 e. The van der Waals surface area contributed by atoms with Crippen LogP contribution in [0.3, 0.4) is 0 Å². The fraction of sp³-hybridized carbons (Fsp3) is 0.444. The SMILES string of the molecule is CN(Cc1ccc(Cl)s1)C1=NCCN1. The molecule has 0 radical (unpaired) electrons. The van der Waals surface area contributed by atoms with Gasteiger partial charge in [0.1, 0.15) is 0 Å². The van der Waals surface area contributed by atoms with Gasteiger partial charge >= 0.3 is 0 Å². The minimum atomic E-state index is 0.842. The van der Waals surface area contributed by atoms with Gasteiger partial charge in [0, 0.05) is 18.5 Å². The van der Waals surface area contributed by atoms with Crippen LogP contribution in [0, 0.1) is 0 Å². The highest BCUT2D eigenvalue weighted by Gasteiger charge is 2.11. The number of thiophene rings is 1. The third-order valence-corrected chi connectivity index (χ3v) is 3.26. The Bertz CT molecular complexity index is 348. The van der Waals surface area contributed by atoms with Crippen molar-refractivity contribution in [1.82, 2.24) is 10.2 Å². The number of nitrogens with zero attached hydrogens (tertiary/aromatic N) is 2. The fourth-order valence-corrected chi connectivity index (χ4v) is 2.53. The van der Waals surface area contributed by atoms with Gasteiger partial charge in [-0.1, -0.05) is 11.6 Å². The standard InChI is InChI=1S/C9H12ClN3S/c1-13(9-11-4-5-12-9)6-7-2-3-8(10)14-7/h2-3H,4-6H2,1H3,(H,11,12). The molecule has 1 aliphatic heterocycles. The van der Waals surface area contributed by atoms with E-state index in [2.05, 4.69) is 21.3 Å². The van der Waals surface area contributed by atoms with E-state index in [9.17, 15) is 0 Å². The zero-order valence-corrected chi connectivity index (χ0v) is 9.53. The molecule has 0 saturated heterocycles. The van der Waals surface area contributed by atoms with E-state index >= 15 is 0 Å². The third-order valence-electron chi connectivity index (χ3n) is 2.04. The van der Waals surface area contributed by atoms with Gasteiger partial charge in [0.05, 0.1) is 17.4 Å². The summed E-state index contributed by atoms with van der Waals surface area (Å²) < 4.78 is 0.842. The van der Waals surface area contributed by atoms with Crippen LogP contribution in [0.5, 0.6) is 0 Å². The van der Waals surface area contributed by atoms with Gasteiger partial charge in [0.15, 0.2) is 5.96 Å². The summed E-state index contributed by atoms with van der Waals surface area (Å²) in [7, 11) is 2.03. The first-order chi connectivity index (χ1) is 6.75. The van der Waals surface area contributed by atoms with E-state index < -0.39 is 0 Å². The molecule has 2 rings (SSSR count). The van der Waals surface area contributed by atoms with E-state index in [4.69, 9.17) is 11.6 Å². The lowest BCUT2D eigenvalue weighted by atomic mass is 10.4. The summed E-state index contributed by atoms with van der Waals surface area (Å²) in [5.41, 5.74) is 0. The number of guanidine groups is 1. The Labute approximate surface area is 92.4 Å². The van der Waals surface area contributed by atoms with Crippen molar-refractivity contribution in [3.05, 3.63) is 21.3 Å². The predicted molar refractivity (Wildman–Crippen MR) is 61.1 cm³/mol. The topological polar surface area (TPSA) is 27.6 Å². The maximum atomic E-state index is 5.86. The number of halogens is 1. The Morgan fingerprint density at radius 2 is 2.50 bits per heavy atom. The highest BCUT2D eigenvalue weighted by molar-refractivity contribution is 7.16. The Morgan fingerprint density at radius 3 is 3.07 bits per heavy atom. The van der Waals surface area contributed by atoms with Gasteiger partial charge in [-0.3, -0.25) is 4.99 Å². The molecule has 0 atom stereocenters. The molecule has 0 aromatic carbocycles. The first-order valence-electron chi connectivity index (χ1n) is 4.49. The highest BCUT2D eigenvalue weighted by atomic mass is 35.5. The molecule has 14 heavy (non-hydrogen) atoms. The van der Waals surface area contributed by atoms with Crippen molar-refractivity contribution in [2.45, 2.75) is 6.54 Å². The number of hydrogen-bond donors (Lipinski definition) is 1. The lowest BCUT2D eigenvalue weighted by molar-refractivity contribution is 0.491. The van der Waals surface area contributed by atoms with E-state index in [0.29, 0.717) is 0 Å². The van der Waals surface area contributed by atoms with Gasteiger partial charge in [0.2, 0.25) is 0 Å². The van der Waals surface area contributed by atoms with Gasteiger partial charge in [-0.25, -0.2) is 0 Å². The average molecular weight is 230 g/mol. The molecule has 2 heterocycles. The minimum absolute atomic E-state index is 0.842. The molecule has 1 aromatic heterocycles. The molecule has 76 valence electrons. The van der Waals surface area contributed by atoms with Crippen LogP contribution < -0.4 is 5.32 Å². The van der Waals surface area contributed by atoms with E-state index in [1.165, 1.54) is 4.88 Å². The van der Waals surface area contributed by atoms with Crippen LogP contribution >= 0.6 is 22.9 Å². The predicted octanol–water partition coefficient (Wildman–Crippen LogP) is 1.79. The van der Waals surface area contributed by atoms with Crippen molar-refractivity contribution in [2.75, 3.05) is 20.1 Å². The molecule has 0 spiro atoms. The maximum absolute atomic E-state index is 5.86. The van der Waals surface area contributed by atoms with Crippen molar-refractivity contribution in [3.8, 4) is 0 Å². The van der Waals surface area contributed by atoms with Crippen molar-refractivity contribution in [1.29, 1.82) is 0 Å². The molecule has 1 aromatic rings. The number of hydrogen-bond acceptors (Lipinski definition) is 4. The van der Waals surface area contributed by atoms with Gasteiger partial charge in [-0.05, 0) is 12.1 Å². The van der Waals surface area contributed by atoms with Crippen LogP contribution in [0.25, 0.3) is 0 Å². The summed E-state index contributed by atoms with van der Waals surface area (Å²) in [5.74, 6) is 0.981. The molecule has 0 saturated carbocycles. The Morgan fingerprint density at radius 1 is 1.64 bits per heavy atom. The molecule has 0 amide bonds. The highest BCUT2D eigenvalue weighted by Crippen LogP contribution is 2.22. The Balaban J connectivity index is 1.97. The normalized spacial score (nSPS) is 15.1. The van der Waals surface area contributed by atoms with E-state index in [1.807, 2.05) is 13.1 Å². The first kappa shape index (κ1) is 9.80. The second kappa shape index (κ2) is 4.19.